The van der Waals surface area contributed by atoms with Crippen LogP contribution in [0.4, 0.5) is 0 Å². The van der Waals surface area contributed by atoms with E-state index in [1.54, 1.807) is 0 Å². The molecule has 1 fully saturated rings. The Labute approximate surface area is 71.4 Å². The molecule has 0 spiro atoms. The molecule has 61 valence electrons. The Hall–Kier alpha value is -0.731. The first-order valence-corrected chi connectivity index (χ1v) is 4.42. The van der Waals surface area contributed by atoms with E-state index < -0.39 is 0 Å². The van der Waals surface area contributed by atoms with E-state index in [4.69, 9.17) is 14.4 Å². The Bertz CT molecular complexity index is 79.0. The van der Waals surface area contributed by atoms with Gasteiger partial charge in [-0.3, -0.25) is 14.4 Å². The Morgan fingerprint density at radius 2 is 1.27 bits per heavy atom. The zero-order valence-corrected chi connectivity index (χ0v) is 6.88. The SMILES string of the molecule is C=[CH][Fe]1[CH2][CH2]1.[C]=O.[C]=O.[C]=O. The minimum absolute atomic E-state index is 0.278. The van der Waals surface area contributed by atoms with Crippen molar-refractivity contribution in [1.29, 1.82) is 0 Å². The Balaban J connectivity index is -0.0000000933. The summed E-state index contributed by atoms with van der Waals surface area (Å²) in [7, 11) is 0. The number of hydrogen-bond donors (Lipinski definition) is 0. The van der Waals surface area contributed by atoms with E-state index in [0.717, 1.165) is 0 Å². The third kappa shape index (κ3) is 26.9. The molecule has 0 saturated carbocycles. The number of hydrogen-bond acceptors (Lipinski definition) is 3. The van der Waals surface area contributed by atoms with Crippen LogP contribution in [0.15, 0.2) is 11.6 Å². The summed E-state index contributed by atoms with van der Waals surface area (Å²) >= 11 is 0.278. The third-order valence-corrected chi connectivity index (χ3v) is 2.41. The third-order valence-electron chi connectivity index (χ3n) is 0.585. The summed E-state index contributed by atoms with van der Waals surface area (Å²) in [6.45, 7) is 17.2. The number of carbonyl (C=O) groups excluding carboxylic acids is 3. The smallest absolute Gasteiger partial charge is 0.281 e. The fourth-order valence-electron chi connectivity index (χ4n) is 0.180. The van der Waals surface area contributed by atoms with Crippen LogP contribution in [0, 0.1) is 0 Å². The minimum Gasteiger partial charge on any atom is -0.281 e. The average molecular weight is 195 g/mol. The van der Waals surface area contributed by atoms with Gasteiger partial charge in [0.1, 0.15) is 0 Å². The molecule has 0 unspecified atom stereocenters. The van der Waals surface area contributed by atoms with Crippen molar-refractivity contribution in [2.45, 2.75) is 10.6 Å². The van der Waals surface area contributed by atoms with Crippen LogP contribution in [0.3, 0.4) is 0 Å². The molecule has 3 nitrogen and oxygen atoms in total. The van der Waals surface area contributed by atoms with Crippen LogP contribution >= 0.6 is 0 Å². The average Bonchev–Trinajstić information content (AvgIpc) is 2.98. The summed E-state index contributed by atoms with van der Waals surface area (Å²) < 4.78 is 0. The molecule has 4 heteroatoms. The van der Waals surface area contributed by atoms with E-state index in [1.807, 2.05) is 0 Å². The molecular weight excluding hydrogens is 188 g/mol. The van der Waals surface area contributed by atoms with Gasteiger partial charge in [0.2, 0.25) is 0 Å². The molecule has 0 aliphatic carbocycles. The van der Waals surface area contributed by atoms with Crippen molar-refractivity contribution in [3.8, 4) is 0 Å². The summed E-state index contributed by atoms with van der Waals surface area (Å²) in [5, 5.41) is 2.95. The fraction of sp³-hybridized carbons (Fsp3) is 0.286. The second-order valence-electron chi connectivity index (χ2n) is 0.963. The van der Waals surface area contributed by atoms with Gasteiger partial charge in [0.25, 0.3) is 20.4 Å². The monoisotopic (exact) mass is 195 g/mol. The van der Waals surface area contributed by atoms with Crippen LogP contribution in [-0.4, -0.2) is 20.4 Å². The van der Waals surface area contributed by atoms with Crippen molar-refractivity contribution in [3.05, 3.63) is 11.6 Å². The first kappa shape index (κ1) is 16.7. The van der Waals surface area contributed by atoms with Gasteiger partial charge in [0.15, 0.2) is 0 Å². The maximum atomic E-state index is 7.50. The van der Waals surface area contributed by atoms with Crippen molar-refractivity contribution in [1.82, 2.24) is 0 Å². The van der Waals surface area contributed by atoms with E-state index in [-0.39, 0.29) is 13.9 Å². The normalized spacial score (nSPS) is 12.9. The first-order valence-electron chi connectivity index (χ1n) is 2.22. The summed E-state index contributed by atoms with van der Waals surface area (Å²) in [6, 6.07) is 0. The molecule has 0 amide bonds. The van der Waals surface area contributed by atoms with Crippen LogP contribution in [-0.2, 0) is 28.3 Å². The van der Waals surface area contributed by atoms with Crippen molar-refractivity contribution in [2.75, 3.05) is 0 Å². The van der Waals surface area contributed by atoms with Crippen molar-refractivity contribution in [3.63, 3.8) is 0 Å². The second kappa shape index (κ2) is 22.8. The largest absolute Gasteiger partial charge is 0.281 e. The van der Waals surface area contributed by atoms with Crippen LogP contribution in [0.5, 0.6) is 0 Å². The molecule has 0 aromatic heterocycles. The predicted octanol–water partition coefficient (Wildman–Crippen LogP) is 0.407. The van der Waals surface area contributed by atoms with Gasteiger partial charge in [-0.2, -0.15) is 0 Å². The van der Waals surface area contributed by atoms with E-state index in [1.165, 1.54) is 10.6 Å². The Morgan fingerprint density at radius 3 is 1.27 bits per heavy atom. The molecule has 0 aromatic carbocycles. The molecule has 0 atom stereocenters. The quantitative estimate of drug-likeness (QED) is 0.569. The summed E-state index contributed by atoms with van der Waals surface area (Å²) in [5.74, 6) is 0. The van der Waals surface area contributed by atoms with E-state index >= 15 is 0 Å². The zero-order valence-electron chi connectivity index (χ0n) is 5.78. The van der Waals surface area contributed by atoms with Crippen LogP contribution in [0.25, 0.3) is 0 Å². The van der Waals surface area contributed by atoms with Gasteiger partial charge in [-0.05, 0) is 0 Å². The van der Waals surface area contributed by atoms with E-state index in [2.05, 4.69) is 31.9 Å². The summed E-state index contributed by atoms with van der Waals surface area (Å²) in [6.07, 6.45) is 0. The van der Waals surface area contributed by atoms with Crippen molar-refractivity contribution >= 4 is 20.4 Å². The van der Waals surface area contributed by atoms with E-state index in [0.29, 0.717) is 0 Å². The molecule has 0 N–H and O–H groups in total. The van der Waals surface area contributed by atoms with E-state index in [9.17, 15) is 0 Å². The van der Waals surface area contributed by atoms with Gasteiger partial charge in [-0.25, -0.2) is 0 Å². The van der Waals surface area contributed by atoms with Gasteiger partial charge in [0.05, 0.1) is 0 Å². The maximum Gasteiger partial charge on any atom is 0.281 e. The molecule has 1 aliphatic rings. The van der Waals surface area contributed by atoms with Crippen LogP contribution < -0.4 is 0 Å². The number of rotatable bonds is 1. The predicted molar refractivity (Wildman–Crippen MR) is 36.9 cm³/mol. The van der Waals surface area contributed by atoms with Crippen LogP contribution in [0.1, 0.15) is 0 Å². The van der Waals surface area contributed by atoms with Gasteiger partial charge < -0.3 is 0 Å². The molecule has 0 bridgehead atoms. The zero-order chi connectivity index (χ0) is 9.70. The molecule has 11 heavy (non-hydrogen) atoms. The van der Waals surface area contributed by atoms with Crippen LogP contribution in [0.2, 0.25) is 10.6 Å². The Morgan fingerprint density at radius 1 is 1.00 bits per heavy atom. The van der Waals surface area contributed by atoms with Gasteiger partial charge in [0, 0.05) is 0 Å². The molecular formula is C7H7FeO3. The maximum absolute atomic E-state index is 7.50. The minimum atomic E-state index is 0.278. The van der Waals surface area contributed by atoms with Gasteiger partial charge in [-0.15, -0.1) is 0 Å². The molecule has 0 aromatic rings. The molecule has 6 radical (unpaired) electrons. The molecule has 1 rings (SSSR count). The summed E-state index contributed by atoms with van der Waals surface area (Å²) in [4.78, 5) is 24.6. The van der Waals surface area contributed by atoms with Gasteiger partial charge in [-0.1, -0.05) is 0 Å². The molecule has 1 saturated heterocycles. The molecule has 1 aliphatic heterocycles. The Kier molecular flexibility index (Phi) is 34.7. The van der Waals surface area contributed by atoms with Crippen molar-refractivity contribution in [2.24, 2.45) is 0 Å². The van der Waals surface area contributed by atoms with Crippen molar-refractivity contribution < 1.29 is 28.3 Å². The second-order valence-corrected chi connectivity index (χ2v) is 3.97. The first-order chi connectivity index (χ1) is 5.43. The standard InChI is InChI=1S/C2H4.C2H3.3CO.Fe/c5*1-2;/h1-2H2;1H,2H2;;;;. The fourth-order valence-corrected chi connectivity index (χ4v) is 1.21. The molecule has 1 heterocycles. The summed E-state index contributed by atoms with van der Waals surface area (Å²) in [5.41, 5.74) is 0. The van der Waals surface area contributed by atoms with Gasteiger partial charge >= 0.3 is 36.1 Å². The topological polar surface area (TPSA) is 51.2 Å².